The van der Waals surface area contributed by atoms with Gasteiger partial charge in [0.05, 0.1) is 5.57 Å². The molecule has 2 rings (SSSR count). The number of hydrogen-bond donors (Lipinski definition) is 1. The van der Waals surface area contributed by atoms with Crippen LogP contribution >= 0.6 is 0 Å². The second-order valence-corrected chi connectivity index (χ2v) is 4.09. The number of esters is 1. The maximum Gasteiger partial charge on any atom is 0.337 e. The summed E-state index contributed by atoms with van der Waals surface area (Å²) < 4.78 is 5.02. The third kappa shape index (κ3) is 3.33. The molecule has 1 atom stereocenters. The molecule has 0 spiro atoms. The number of carbonyl (C=O) groups excluding carboxylic acids is 1. The van der Waals surface area contributed by atoms with Crippen molar-refractivity contribution in [3.8, 4) is 0 Å². The number of nitrogens with two attached hydrogens (primary N) is 1. The lowest BCUT2D eigenvalue weighted by Crippen LogP contribution is -2.26. The van der Waals surface area contributed by atoms with Crippen molar-refractivity contribution in [2.45, 2.75) is 12.6 Å². The number of benzene rings is 1. The van der Waals surface area contributed by atoms with Gasteiger partial charge in [-0.25, -0.2) is 4.79 Å². The van der Waals surface area contributed by atoms with Crippen molar-refractivity contribution in [2.75, 3.05) is 4.90 Å². The van der Waals surface area contributed by atoms with Gasteiger partial charge in [0, 0.05) is 24.5 Å². The van der Waals surface area contributed by atoms with E-state index < -0.39 is 12.2 Å². The van der Waals surface area contributed by atoms with Crippen LogP contribution in [0.1, 0.15) is 6.42 Å². The van der Waals surface area contributed by atoms with Crippen LogP contribution in [0.3, 0.4) is 0 Å². The van der Waals surface area contributed by atoms with Crippen molar-refractivity contribution >= 4 is 11.7 Å². The Kier molecular flexibility index (Phi) is 4.15. The minimum Gasteiger partial charge on any atom is -0.440 e. The Balaban J connectivity index is 2.13. The second kappa shape index (κ2) is 6.02. The lowest BCUT2D eigenvalue weighted by molar-refractivity contribution is -0.142. The molecule has 1 aliphatic heterocycles. The number of nitrogens with zero attached hydrogens (tertiary/aromatic N) is 1. The summed E-state index contributed by atoms with van der Waals surface area (Å²) in [4.78, 5) is 13.7. The Bertz CT molecular complexity index is 520. The Morgan fingerprint density at radius 1 is 1.42 bits per heavy atom. The SMILES string of the molecule is C=CC(N)OC(=O)C1=CN(c2ccccc2)C=CC1. The van der Waals surface area contributed by atoms with Gasteiger partial charge in [-0.05, 0) is 18.2 Å². The highest BCUT2D eigenvalue weighted by Crippen LogP contribution is 2.21. The van der Waals surface area contributed by atoms with Crippen molar-refractivity contribution in [3.05, 3.63) is 67.0 Å². The van der Waals surface area contributed by atoms with Gasteiger partial charge >= 0.3 is 5.97 Å². The van der Waals surface area contributed by atoms with Gasteiger partial charge in [-0.1, -0.05) is 30.9 Å². The zero-order chi connectivity index (χ0) is 13.7. The molecule has 0 aliphatic carbocycles. The van der Waals surface area contributed by atoms with Crippen molar-refractivity contribution in [3.63, 3.8) is 0 Å². The largest absolute Gasteiger partial charge is 0.440 e. The molecule has 1 aliphatic rings. The maximum absolute atomic E-state index is 11.9. The van der Waals surface area contributed by atoms with E-state index >= 15 is 0 Å². The Labute approximate surface area is 112 Å². The van der Waals surface area contributed by atoms with Crippen LogP contribution in [0.15, 0.2) is 67.0 Å². The van der Waals surface area contributed by atoms with Crippen LogP contribution in [0.2, 0.25) is 0 Å². The van der Waals surface area contributed by atoms with E-state index in [4.69, 9.17) is 10.5 Å². The van der Waals surface area contributed by atoms with Crippen LogP contribution in [0.4, 0.5) is 5.69 Å². The lowest BCUT2D eigenvalue weighted by Gasteiger charge is -2.21. The van der Waals surface area contributed by atoms with E-state index in [0.29, 0.717) is 12.0 Å². The van der Waals surface area contributed by atoms with Crippen LogP contribution in [0, 0.1) is 0 Å². The zero-order valence-electron chi connectivity index (χ0n) is 10.5. The van der Waals surface area contributed by atoms with Gasteiger partial charge in [0.1, 0.15) is 0 Å². The van der Waals surface area contributed by atoms with Crippen molar-refractivity contribution < 1.29 is 9.53 Å². The number of rotatable bonds is 4. The monoisotopic (exact) mass is 256 g/mol. The molecule has 0 fully saturated rings. The first-order chi connectivity index (χ1) is 9.20. The third-order valence-corrected chi connectivity index (χ3v) is 2.69. The van der Waals surface area contributed by atoms with Crippen molar-refractivity contribution in [2.24, 2.45) is 5.73 Å². The number of carbonyl (C=O) groups is 1. The van der Waals surface area contributed by atoms with Crippen LogP contribution < -0.4 is 10.6 Å². The molecule has 4 heteroatoms. The summed E-state index contributed by atoms with van der Waals surface area (Å²) >= 11 is 0. The van der Waals surface area contributed by atoms with E-state index in [9.17, 15) is 4.79 Å². The summed E-state index contributed by atoms with van der Waals surface area (Å²) in [5, 5.41) is 0. The van der Waals surface area contributed by atoms with E-state index in [1.807, 2.05) is 47.5 Å². The average molecular weight is 256 g/mol. The molecule has 98 valence electrons. The normalized spacial score (nSPS) is 15.6. The first-order valence-electron chi connectivity index (χ1n) is 6.00. The fourth-order valence-electron chi connectivity index (χ4n) is 1.70. The summed E-state index contributed by atoms with van der Waals surface area (Å²) in [6, 6.07) is 9.75. The minimum absolute atomic E-state index is 0.419. The maximum atomic E-state index is 11.9. The van der Waals surface area contributed by atoms with Gasteiger partial charge in [-0.3, -0.25) is 5.73 Å². The Morgan fingerprint density at radius 3 is 2.84 bits per heavy atom. The molecule has 1 heterocycles. The topological polar surface area (TPSA) is 55.6 Å². The molecule has 1 unspecified atom stereocenters. The predicted molar refractivity (Wildman–Crippen MR) is 75.0 cm³/mol. The highest BCUT2D eigenvalue weighted by atomic mass is 16.6. The van der Waals surface area contributed by atoms with E-state index in [0.717, 1.165) is 5.69 Å². The summed E-state index contributed by atoms with van der Waals surface area (Å²) in [5.41, 5.74) is 7.05. The highest BCUT2D eigenvalue weighted by molar-refractivity contribution is 5.90. The predicted octanol–water partition coefficient (Wildman–Crippen LogP) is 2.31. The van der Waals surface area contributed by atoms with E-state index in [1.54, 1.807) is 6.20 Å². The van der Waals surface area contributed by atoms with Crippen LogP contribution in [0.25, 0.3) is 0 Å². The Morgan fingerprint density at radius 2 is 2.16 bits per heavy atom. The molecule has 2 N–H and O–H groups in total. The minimum atomic E-state index is -0.774. The molecule has 0 saturated heterocycles. The Hall–Kier alpha value is -2.33. The van der Waals surface area contributed by atoms with Crippen LogP contribution in [-0.2, 0) is 9.53 Å². The van der Waals surface area contributed by atoms with Gasteiger partial charge in [-0.15, -0.1) is 0 Å². The molecule has 4 nitrogen and oxygen atoms in total. The van der Waals surface area contributed by atoms with Crippen LogP contribution in [-0.4, -0.2) is 12.2 Å². The molecular weight excluding hydrogens is 240 g/mol. The van der Waals surface area contributed by atoms with Gasteiger partial charge in [0.15, 0.2) is 6.23 Å². The number of hydrogen-bond acceptors (Lipinski definition) is 4. The smallest absolute Gasteiger partial charge is 0.337 e. The van der Waals surface area contributed by atoms with E-state index in [1.165, 1.54) is 6.08 Å². The van der Waals surface area contributed by atoms with Crippen molar-refractivity contribution in [1.29, 1.82) is 0 Å². The summed E-state index contributed by atoms with van der Waals surface area (Å²) in [6.07, 6.45) is 6.72. The molecule has 0 bridgehead atoms. The molecule has 0 aromatic heterocycles. The highest BCUT2D eigenvalue weighted by Gasteiger charge is 2.16. The fourth-order valence-corrected chi connectivity index (χ4v) is 1.70. The summed E-state index contributed by atoms with van der Waals surface area (Å²) in [7, 11) is 0. The van der Waals surface area contributed by atoms with Crippen LogP contribution in [0.5, 0.6) is 0 Å². The van der Waals surface area contributed by atoms with Gasteiger partial charge in [-0.2, -0.15) is 0 Å². The standard InChI is InChI=1S/C15H16N2O2/c1-2-14(16)19-15(18)12-7-6-10-17(11-12)13-8-4-3-5-9-13/h2-6,8-11,14H,1,7,16H2. The summed E-state index contributed by atoms with van der Waals surface area (Å²) in [6.45, 7) is 3.48. The third-order valence-electron chi connectivity index (χ3n) is 2.69. The molecule has 19 heavy (non-hydrogen) atoms. The second-order valence-electron chi connectivity index (χ2n) is 4.09. The summed E-state index contributed by atoms with van der Waals surface area (Å²) in [5.74, 6) is -0.419. The van der Waals surface area contributed by atoms with Gasteiger partial charge in [0.25, 0.3) is 0 Å². The first-order valence-corrected chi connectivity index (χ1v) is 6.00. The molecule has 0 saturated carbocycles. The molecular formula is C15H16N2O2. The van der Waals surface area contributed by atoms with E-state index in [-0.39, 0.29) is 0 Å². The fraction of sp³-hybridized carbons (Fsp3) is 0.133. The first kappa shape index (κ1) is 13.1. The lowest BCUT2D eigenvalue weighted by atomic mass is 10.1. The number of allylic oxidation sites excluding steroid dienone is 1. The molecule has 1 aromatic carbocycles. The number of ether oxygens (including phenoxy) is 1. The quantitative estimate of drug-likeness (QED) is 0.510. The molecule has 1 aromatic rings. The molecule has 0 radical (unpaired) electrons. The zero-order valence-corrected chi connectivity index (χ0v) is 10.5. The van der Waals surface area contributed by atoms with E-state index in [2.05, 4.69) is 6.58 Å². The van der Waals surface area contributed by atoms with Gasteiger partial charge in [0.2, 0.25) is 0 Å². The van der Waals surface area contributed by atoms with Gasteiger partial charge < -0.3 is 9.64 Å². The molecule has 0 amide bonds. The van der Waals surface area contributed by atoms with Crippen molar-refractivity contribution in [1.82, 2.24) is 0 Å². The average Bonchev–Trinajstić information content (AvgIpc) is 2.48. The number of anilines is 1. The number of para-hydroxylation sites is 1.